The quantitative estimate of drug-likeness (QED) is 0.459. The van der Waals surface area contributed by atoms with Crippen LogP contribution >= 0.6 is 0 Å². The molecule has 0 fully saturated rings. The normalized spacial score (nSPS) is 11.1. The summed E-state index contributed by atoms with van der Waals surface area (Å²) in [5, 5.41) is 8.26. The molecular weight excluding hydrogens is 431 g/mol. The van der Waals surface area contributed by atoms with E-state index in [2.05, 4.69) is 72.2 Å². The highest BCUT2D eigenvalue weighted by Gasteiger charge is 2.38. The lowest BCUT2D eigenvalue weighted by atomic mass is 9.96. The number of aromatic nitrogens is 2. The van der Waals surface area contributed by atoms with Crippen LogP contribution in [-0.4, -0.2) is 27.2 Å². The molecule has 2 heterocycles. The maximum absolute atomic E-state index is 10.6. The monoisotopic (exact) mass is 454 g/mol. The summed E-state index contributed by atoms with van der Waals surface area (Å²) in [7, 11) is 0. The first-order valence-corrected chi connectivity index (χ1v) is 10.3. The number of carbonyl (C=O) groups is 1. The minimum Gasteiger partial charge on any atom is -0.475 e. The van der Waals surface area contributed by atoms with Crippen LogP contribution in [0.5, 0.6) is 0 Å². The van der Waals surface area contributed by atoms with Gasteiger partial charge in [-0.1, -0.05) is 61.5 Å². The van der Waals surface area contributed by atoms with E-state index in [1.54, 1.807) is 0 Å². The summed E-state index contributed by atoms with van der Waals surface area (Å²) in [6.45, 7) is 2.93. The predicted octanol–water partition coefficient (Wildman–Crippen LogP) is 4.90. The van der Waals surface area contributed by atoms with Crippen molar-refractivity contribution < 1.29 is 28.8 Å². The maximum Gasteiger partial charge on any atom is 0.490 e. The molecule has 0 atom stereocenters. The van der Waals surface area contributed by atoms with E-state index >= 15 is 0 Å². The molecule has 0 amide bonds. The highest BCUT2D eigenvalue weighted by atomic mass is 19.4. The summed E-state index contributed by atoms with van der Waals surface area (Å²) in [6.07, 6.45) is -2.34. The fourth-order valence-electron chi connectivity index (χ4n) is 3.32. The molecule has 0 aliphatic carbocycles. The van der Waals surface area contributed by atoms with E-state index in [9.17, 15) is 13.2 Å². The van der Waals surface area contributed by atoms with Crippen LogP contribution in [-0.2, 0) is 17.8 Å². The van der Waals surface area contributed by atoms with Gasteiger partial charge in [-0.05, 0) is 24.1 Å². The van der Waals surface area contributed by atoms with E-state index in [0.29, 0.717) is 0 Å². The van der Waals surface area contributed by atoms with Crippen LogP contribution in [0.2, 0.25) is 0 Å². The number of carboxylic acid groups (broad SMARTS) is 1. The lowest BCUT2D eigenvalue weighted by Crippen LogP contribution is -2.47. The molecule has 4 aromatic rings. The lowest BCUT2D eigenvalue weighted by Gasteiger charge is -2.13. The van der Waals surface area contributed by atoms with Gasteiger partial charge in [0.15, 0.2) is 0 Å². The number of fused-ring (bicyclic) bond motifs is 1. The largest absolute Gasteiger partial charge is 0.490 e. The number of alkyl halides is 3. The number of quaternary nitrogens is 1. The van der Waals surface area contributed by atoms with Gasteiger partial charge in [0.1, 0.15) is 0 Å². The number of aryl methyl sites for hydroxylation is 1. The Bertz CT molecular complexity index is 1240. The Morgan fingerprint density at radius 3 is 2.18 bits per heavy atom. The van der Waals surface area contributed by atoms with Crippen molar-refractivity contribution in [3.8, 4) is 22.4 Å². The average molecular weight is 454 g/mol. The third-order valence-electron chi connectivity index (χ3n) is 5.00. The minimum atomic E-state index is -5.08. The number of pyridine rings is 2. The first kappa shape index (κ1) is 23.9. The van der Waals surface area contributed by atoms with Crippen LogP contribution in [0.1, 0.15) is 18.2 Å². The summed E-state index contributed by atoms with van der Waals surface area (Å²) in [4.78, 5) is 18.5. The first-order valence-electron chi connectivity index (χ1n) is 10.3. The molecule has 4 rings (SSSR count). The highest BCUT2D eigenvalue weighted by Crippen LogP contribution is 2.34. The molecule has 0 aliphatic rings. The third kappa shape index (κ3) is 5.72. The Hall–Kier alpha value is -3.78. The Morgan fingerprint density at radius 2 is 1.64 bits per heavy atom. The second kappa shape index (κ2) is 10.2. The zero-order chi connectivity index (χ0) is 24.0. The lowest BCUT2D eigenvalue weighted by molar-refractivity contribution is -0.386. The van der Waals surface area contributed by atoms with E-state index < -0.39 is 12.1 Å². The fraction of sp³-hybridized carbons (Fsp3) is 0.160. The molecule has 4 N–H and O–H groups in total. The van der Waals surface area contributed by atoms with Crippen LogP contribution < -0.4 is 5.73 Å². The van der Waals surface area contributed by atoms with Crippen molar-refractivity contribution in [2.45, 2.75) is 26.1 Å². The van der Waals surface area contributed by atoms with E-state index in [1.807, 2.05) is 18.3 Å². The van der Waals surface area contributed by atoms with Gasteiger partial charge in [0, 0.05) is 34.0 Å². The standard InChI is InChI=1S/C23H21N3.C2HF3O2/c1-2-21-20-14-19(17-6-4-3-5-7-17)23(26-22(20)12-13-25-21)18-10-8-16(15-24)9-11-18;3-2(4,5)1(6)7/h3-14H,2,15,24H2,1H3;(H,6,7)/p+1. The smallest absolute Gasteiger partial charge is 0.475 e. The van der Waals surface area contributed by atoms with E-state index in [1.165, 1.54) is 11.1 Å². The Labute approximate surface area is 188 Å². The molecule has 0 unspecified atom stereocenters. The second-order valence-electron chi connectivity index (χ2n) is 7.18. The second-order valence-corrected chi connectivity index (χ2v) is 7.18. The number of hydrogen-bond donors (Lipinski definition) is 2. The average Bonchev–Trinajstić information content (AvgIpc) is 2.83. The van der Waals surface area contributed by atoms with Crippen molar-refractivity contribution in [2.24, 2.45) is 0 Å². The number of carboxylic acids is 1. The molecule has 0 saturated carbocycles. The number of aliphatic carboxylic acids is 1. The Balaban J connectivity index is 0.000000383. The summed E-state index contributed by atoms with van der Waals surface area (Å²) in [5.41, 5.74) is 11.7. The number of benzene rings is 2. The van der Waals surface area contributed by atoms with Crippen molar-refractivity contribution >= 4 is 16.9 Å². The highest BCUT2D eigenvalue weighted by molar-refractivity contribution is 5.92. The van der Waals surface area contributed by atoms with Crippen LogP contribution in [0.15, 0.2) is 72.9 Å². The van der Waals surface area contributed by atoms with Crippen LogP contribution in [0, 0.1) is 0 Å². The molecule has 2 aromatic carbocycles. The molecule has 0 saturated heterocycles. The zero-order valence-corrected chi connectivity index (χ0v) is 17.9. The third-order valence-corrected chi connectivity index (χ3v) is 5.00. The summed E-state index contributed by atoms with van der Waals surface area (Å²) in [5.74, 6) is -2.76. The number of halogens is 3. The molecule has 0 radical (unpaired) electrons. The molecular formula is C25H23F3N3O2+. The van der Waals surface area contributed by atoms with Crippen molar-refractivity contribution in [3.63, 3.8) is 0 Å². The van der Waals surface area contributed by atoms with Gasteiger partial charge in [-0.15, -0.1) is 0 Å². The molecule has 0 bridgehead atoms. The van der Waals surface area contributed by atoms with E-state index in [4.69, 9.17) is 14.9 Å². The Kier molecular flexibility index (Phi) is 7.40. The van der Waals surface area contributed by atoms with Crippen LogP contribution in [0.25, 0.3) is 33.3 Å². The molecule has 5 nitrogen and oxygen atoms in total. The minimum absolute atomic E-state index is 0.794. The number of nitrogens with zero attached hydrogens (tertiary/aromatic N) is 2. The summed E-state index contributed by atoms with van der Waals surface area (Å²) < 4.78 is 31.7. The summed E-state index contributed by atoms with van der Waals surface area (Å²) >= 11 is 0. The van der Waals surface area contributed by atoms with Gasteiger partial charge >= 0.3 is 12.1 Å². The number of hydrogen-bond acceptors (Lipinski definition) is 3. The van der Waals surface area contributed by atoms with Gasteiger partial charge in [0.05, 0.1) is 17.8 Å². The van der Waals surface area contributed by atoms with Crippen molar-refractivity contribution in [1.82, 2.24) is 9.97 Å². The van der Waals surface area contributed by atoms with Gasteiger partial charge in [-0.25, -0.2) is 9.78 Å². The molecule has 0 aliphatic heterocycles. The van der Waals surface area contributed by atoms with Gasteiger partial charge in [0.2, 0.25) is 0 Å². The van der Waals surface area contributed by atoms with Crippen molar-refractivity contribution in [3.05, 3.63) is 84.2 Å². The van der Waals surface area contributed by atoms with Crippen LogP contribution in [0.3, 0.4) is 0 Å². The van der Waals surface area contributed by atoms with Crippen molar-refractivity contribution in [2.75, 3.05) is 0 Å². The van der Waals surface area contributed by atoms with Crippen molar-refractivity contribution in [1.29, 1.82) is 0 Å². The number of rotatable bonds is 4. The molecule has 33 heavy (non-hydrogen) atoms. The van der Waals surface area contributed by atoms with Gasteiger partial charge < -0.3 is 10.8 Å². The van der Waals surface area contributed by atoms with Gasteiger partial charge in [0.25, 0.3) is 0 Å². The molecule has 2 aromatic heterocycles. The topological polar surface area (TPSA) is 90.7 Å². The van der Waals surface area contributed by atoms with Crippen LogP contribution in [0.4, 0.5) is 13.2 Å². The predicted molar refractivity (Wildman–Crippen MR) is 120 cm³/mol. The molecule has 170 valence electrons. The zero-order valence-electron chi connectivity index (χ0n) is 17.9. The summed E-state index contributed by atoms with van der Waals surface area (Å²) in [6, 6.07) is 23.2. The van der Waals surface area contributed by atoms with Gasteiger partial charge in [-0.2, -0.15) is 13.2 Å². The Morgan fingerprint density at radius 1 is 1.00 bits per heavy atom. The fourth-order valence-corrected chi connectivity index (χ4v) is 3.32. The maximum atomic E-state index is 10.6. The first-order chi connectivity index (χ1) is 15.7. The van der Waals surface area contributed by atoms with E-state index in [-0.39, 0.29) is 0 Å². The molecule has 0 spiro atoms. The van der Waals surface area contributed by atoms with E-state index in [0.717, 1.165) is 46.4 Å². The molecule has 8 heteroatoms. The SMILES string of the molecule is CCc1nccc2nc(-c3ccc(C[NH3+])cc3)c(-c3ccccc3)cc12.O=C(O)C(F)(F)F. The van der Waals surface area contributed by atoms with Gasteiger partial charge in [-0.3, -0.25) is 4.98 Å².